The number of fused-ring (bicyclic) bond motifs is 1. The second kappa shape index (κ2) is 5.73. The molecule has 1 aromatic heterocycles. The number of hydrogen-bond donors (Lipinski definition) is 0. The molecule has 0 aliphatic rings. The minimum absolute atomic E-state index is 0.233. The maximum Gasteiger partial charge on any atom is 0.253 e. The molecule has 0 atom stereocenters. The number of rotatable bonds is 3. The smallest absolute Gasteiger partial charge is 0.253 e. The zero-order valence-electron chi connectivity index (χ0n) is 11.6. The minimum Gasteiger partial charge on any atom is -0.497 e. The van der Waals surface area contributed by atoms with Gasteiger partial charge in [-0.3, -0.25) is 4.79 Å². The van der Waals surface area contributed by atoms with Gasteiger partial charge in [-0.15, -0.1) is 0 Å². The molecule has 0 N–H and O–H groups in total. The van der Waals surface area contributed by atoms with E-state index in [4.69, 9.17) is 16.3 Å². The Balaban J connectivity index is 2.21. The van der Waals surface area contributed by atoms with Gasteiger partial charge in [0.25, 0.3) is 5.24 Å². The fourth-order valence-electron chi connectivity index (χ4n) is 2.27. The molecule has 0 unspecified atom stereocenters. The molecule has 0 radical (unpaired) electrons. The number of benzene rings is 2. The molecular weight excluding hydrogens is 305 g/mol. The molecule has 1 heterocycles. The van der Waals surface area contributed by atoms with E-state index in [0.29, 0.717) is 16.6 Å². The molecule has 0 saturated heterocycles. The monoisotopic (exact) mass is 315 g/mol. The van der Waals surface area contributed by atoms with Crippen LogP contribution in [0.5, 0.6) is 5.75 Å². The summed E-state index contributed by atoms with van der Waals surface area (Å²) in [6.07, 6.45) is 0. The Bertz CT molecular complexity index is 862. The van der Waals surface area contributed by atoms with Crippen LogP contribution in [0.1, 0.15) is 10.4 Å². The summed E-state index contributed by atoms with van der Waals surface area (Å²) in [4.78, 5) is 16.1. The number of nitrogens with zero attached hydrogens (tertiary/aromatic N) is 1. The van der Waals surface area contributed by atoms with Crippen molar-refractivity contribution in [2.75, 3.05) is 7.11 Å². The molecule has 2 aromatic carbocycles. The van der Waals surface area contributed by atoms with Crippen molar-refractivity contribution in [3.05, 3.63) is 59.9 Å². The predicted octanol–water partition coefficient (Wildman–Crippen LogP) is 4.43. The van der Waals surface area contributed by atoms with Gasteiger partial charge in [-0.25, -0.2) is 9.37 Å². The first-order chi connectivity index (χ1) is 10.6. The summed E-state index contributed by atoms with van der Waals surface area (Å²) in [5.41, 5.74) is 2.15. The minimum atomic E-state index is -0.646. The highest BCUT2D eigenvalue weighted by Crippen LogP contribution is 2.27. The highest BCUT2D eigenvalue weighted by molar-refractivity contribution is 6.68. The zero-order chi connectivity index (χ0) is 15.7. The lowest BCUT2D eigenvalue weighted by molar-refractivity contribution is 0.108. The fourth-order valence-corrected chi connectivity index (χ4v) is 2.43. The first-order valence-electron chi connectivity index (χ1n) is 6.53. The third kappa shape index (κ3) is 2.65. The number of methoxy groups -OCH3 is 1. The molecule has 0 aliphatic carbocycles. The van der Waals surface area contributed by atoms with Gasteiger partial charge >= 0.3 is 0 Å². The Labute approximate surface area is 131 Å². The van der Waals surface area contributed by atoms with Gasteiger partial charge in [0.2, 0.25) is 0 Å². The summed E-state index contributed by atoms with van der Waals surface area (Å²) in [5.74, 6) is 0.283. The Hall–Kier alpha value is -2.46. The van der Waals surface area contributed by atoms with E-state index in [0.717, 1.165) is 11.3 Å². The number of ether oxygens (including phenoxy) is 1. The van der Waals surface area contributed by atoms with Gasteiger partial charge in [-0.2, -0.15) is 0 Å². The van der Waals surface area contributed by atoms with Crippen molar-refractivity contribution in [1.82, 2.24) is 4.98 Å². The largest absolute Gasteiger partial charge is 0.497 e. The molecule has 0 bridgehead atoms. The van der Waals surface area contributed by atoms with Gasteiger partial charge in [-0.05, 0) is 60.1 Å². The summed E-state index contributed by atoms with van der Waals surface area (Å²) in [5, 5.41) is -0.245. The molecule has 0 saturated carbocycles. The van der Waals surface area contributed by atoms with Crippen LogP contribution in [0.15, 0.2) is 48.5 Å². The second-order valence-electron chi connectivity index (χ2n) is 4.72. The lowest BCUT2D eigenvalue weighted by Gasteiger charge is -2.08. The van der Waals surface area contributed by atoms with E-state index >= 15 is 0 Å². The summed E-state index contributed by atoms with van der Waals surface area (Å²) in [7, 11) is 1.59. The van der Waals surface area contributed by atoms with Crippen molar-refractivity contribution in [2.24, 2.45) is 0 Å². The summed E-state index contributed by atoms with van der Waals surface area (Å²) >= 11 is 5.63. The van der Waals surface area contributed by atoms with Crippen LogP contribution in [-0.4, -0.2) is 17.3 Å². The predicted molar refractivity (Wildman–Crippen MR) is 83.9 cm³/mol. The van der Waals surface area contributed by atoms with Gasteiger partial charge in [-0.1, -0.05) is 0 Å². The standard InChI is InChI=1S/C17H11ClFNO2/c1-22-12-5-2-10(3-6-12)16-9-14(17(18)21)13-8-11(19)4-7-15(13)20-16/h2-9H,1H3. The molecule has 3 rings (SSSR count). The third-order valence-electron chi connectivity index (χ3n) is 3.37. The normalized spacial score (nSPS) is 10.7. The molecular formula is C17H11ClFNO2. The number of carbonyl (C=O) groups excluding carboxylic acids is 1. The number of hydrogen-bond acceptors (Lipinski definition) is 3. The molecule has 3 nitrogen and oxygen atoms in total. The van der Waals surface area contributed by atoms with E-state index in [9.17, 15) is 9.18 Å². The Kier molecular flexibility index (Phi) is 3.77. The van der Waals surface area contributed by atoms with Crippen LogP contribution in [-0.2, 0) is 0 Å². The van der Waals surface area contributed by atoms with Crippen molar-refractivity contribution >= 4 is 27.7 Å². The first-order valence-corrected chi connectivity index (χ1v) is 6.91. The van der Waals surface area contributed by atoms with E-state index in [1.807, 2.05) is 12.1 Å². The highest BCUT2D eigenvalue weighted by atomic mass is 35.5. The van der Waals surface area contributed by atoms with Crippen LogP contribution in [0, 0.1) is 5.82 Å². The van der Waals surface area contributed by atoms with Gasteiger partial charge in [0.1, 0.15) is 11.6 Å². The summed E-state index contributed by atoms with van der Waals surface area (Å²) in [6, 6.07) is 12.9. The van der Waals surface area contributed by atoms with Crippen LogP contribution in [0.2, 0.25) is 0 Å². The van der Waals surface area contributed by atoms with E-state index in [1.165, 1.54) is 18.2 Å². The van der Waals surface area contributed by atoms with Crippen molar-refractivity contribution in [3.8, 4) is 17.0 Å². The van der Waals surface area contributed by atoms with E-state index in [1.54, 1.807) is 25.3 Å². The van der Waals surface area contributed by atoms with Crippen molar-refractivity contribution in [3.63, 3.8) is 0 Å². The molecule has 110 valence electrons. The summed E-state index contributed by atoms with van der Waals surface area (Å²) < 4.78 is 18.5. The van der Waals surface area contributed by atoms with E-state index in [2.05, 4.69) is 4.98 Å². The topological polar surface area (TPSA) is 39.2 Å². The van der Waals surface area contributed by atoms with Gasteiger partial charge < -0.3 is 4.74 Å². The van der Waals surface area contributed by atoms with E-state index in [-0.39, 0.29) is 5.56 Å². The molecule has 0 spiro atoms. The van der Waals surface area contributed by atoms with Crippen LogP contribution in [0.25, 0.3) is 22.2 Å². The number of pyridine rings is 1. The molecule has 22 heavy (non-hydrogen) atoms. The van der Waals surface area contributed by atoms with Gasteiger partial charge in [0.05, 0.1) is 18.3 Å². The molecule has 0 amide bonds. The fraction of sp³-hybridized carbons (Fsp3) is 0.0588. The second-order valence-corrected chi connectivity index (χ2v) is 5.06. The molecule has 3 aromatic rings. The quantitative estimate of drug-likeness (QED) is 0.671. The highest BCUT2D eigenvalue weighted by Gasteiger charge is 2.13. The maximum absolute atomic E-state index is 13.4. The Morgan fingerprint density at radius 1 is 1.14 bits per heavy atom. The lowest BCUT2D eigenvalue weighted by Crippen LogP contribution is -1.96. The molecule has 0 fully saturated rings. The SMILES string of the molecule is COc1ccc(-c2cc(C(=O)Cl)c3cc(F)ccc3n2)cc1. The molecule has 5 heteroatoms. The molecule has 0 aliphatic heterocycles. The Morgan fingerprint density at radius 3 is 2.50 bits per heavy atom. The van der Waals surface area contributed by atoms with Crippen molar-refractivity contribution in [2.45, 2.75) is 0 Å². The average molecular weight is 316 g/mol. The van der Waals surface area contributed by atoms with E-state index < -0.39 is 11.1 Å². The summed E-state index contributed by atoms with van der Waals surface area (Å²) in [6.45, 7) is 0. The first kappa shape index (κ1) is 14.5. The number of halogens is 2. The van der Waals surface area contributed by atoms with Crippen molar-refractivity contribution in [1.29, 1.82) is 0 Å². The third-order valence-corrected chi connectivity index (χ3v) is 3.57. The maximum atomic E-state index is 13.4. The number of aromatic nitrogens is 1. The van der Waals surface area contributed by atoms with Crippen LogP contribution >= 0.6 is 11.6 Å². The van der Waals surface area contributed by atoms with Crippen LogP contribution in [0.4, 0.5) is 4.39 Å². The van der Waals surface area contributed by atoms with Crippen molar-refractivity contribution < 1.29 is 13.9 Å². The average Bonchev–Trinajstić information content (AvgIpc) is 2.53. The zero-order valence-corrected chi connectivity index (χ0v) is 12.4. The number of carbonyl (C=O) groups is 1. The van der Waals surface area contributed by atoms with Crippen LogP contribution < -0.4 is 4.74 Å². The van der Waals surface area contributed by atoms with Gasteiger partial charge in [0, 0.05) is 16.5 Å². The Morgan fingerprint density at radius 2 is 1.86 bits per heavy atom. The van der Waals surface area contributed by atoms with Crippen LogP contribution in [0.3, 0.4) is 0 Å². The lowest BCUT2D eigenvalue weighted by atomic mass is 10.0. The van der Waals surface area contributed by atoms with Gasteiger partial charge in [0.15, 0.2) is 0 Å².